The molecule has 100 valence electrons. The first-order valence-electron chi connectivity index (χ1n) is 6.89. The van der Waals surface area contributed by atoms with Crippen LogP contribution in [0.25, 0.3) is 0 Å². The number of carbonyl (C=O) groups is 1. The summed E-state index contributed by atoms with van der Waals surface area (Å²) in [5, 5.41) is 9.55. The molecule has 1 fully saturated rings. The van der Waals surface area contributed by atoms with Crippen LogP contribution in [0.2, 0.25) is 0 Å². The van der Waals surface area contributed by atoms with E-state index in [0.717, 1.165) is 32.5 Å². The summed E-state index contributed by atoms with van der Waals surface area (Å²) >= 11 is 0. The van der Waals surface area contributed by atoms with Gasteiger partial charge in [0.15, 0.2) is 0 Å². The molecule has 0 aromatic rings. The van der Waals surface area contributed by atoms with Crippen molar-refractivity contribution in [3.05, 3.63) is 0 Å². The van der Waals surface area contributed by atoms with Gasteiger partial charge in [-0.2, -0.15) is 0 Å². The molecule has 1 saturated heterocycles. The number of hydrogen-bond acceptors (Lipinski definition) is 3. The summed E-state index contributed by atoms with van der Waals surface area (Å²) in [7, 11) is 0. The maximum Gasteiger partial charge on any atom is 0.233 e. The molecule has 0 bridgehead atoms. The third kappa shape index (κ3) is 7.34. The van der Waals surface area contributed by atoms with Gasteiger partial charge in [-0.3, -0.25) is 4.79 Å². The van der Waals surface area contributed by atoms with E-state index in [1.54, 1.807) is 0 Å². The van der Waals surface area contributed by atoms with Crippen molar-refractivity contribution >= 4 is 5.91 Å². The van der Waals surface area contributed by atoms with Crippen LogP contribution in [0.1, 0.15) is 39.5 Å². The second kappa shape index (κ2) is 8.48. The van der Waals surface area contributed by atoms with E-state index in [9.17, 15) is 4.79 Å². The molecule has 0 saturated carbocycles. The summed E-state index contributed by atoms with van der Waals surface area (Å²) in [6.07, 6.45) is 4.70. The Morgan fingerprint density at radius 2 is 2.24 bits per heavy atom. The minimum absolute atomic E-state index is 0.117. The molecule has 17 heavy (non-hydrogen) atoms. The van der Waals surface area contributed by atoms with E-state index in [4.69, 9.17) is 0 Å². The summed E-state index contributed by atoms with van der Waals surface area (Å²) in [6.45, 7) is 7.69. The van der Waals surface area contributed by atoms with Crippen LogP contribution in [0.5, 0.6) is 0 Å². The smallest absolute Gasteiger partial charge is 0.233 e. The zero-order chi connectivity index (χ0) is 12.5. The SMILES string of the molecule is CC(C)CCNCC(=O)NCCC1CCCN1. The molecule has 1 heterocycles. The number of nitrogens with one attached hydrogen (secondary N) is 3. The first-order chi connectivity index (χ1) is 8.18. The number of rotatable bonds is 8. The van der Waals surface area contributed by atoms with Gasteiger partial charge < -0.3 is 16.0 Å². The van der Waals surface area contributed by atoms with Gasteiger partial charge in [-0.15, -0.1) is 0 Å². The van der Waals surface area contributed by atoms with E-state index in [1.807, 2.05) is 0 Å². The minimum Gasteiger partial charge on any atom is -0.355 e. The van der Waals surface area contributed by atoms with Crippen LogP contribution < -0.4 is 16.0 Å². The largest absolute Gasteiger partial charge is 0.355 e. The van der Waals surface area contributed by atoms with Gasteiger partial charge in [0.25, 0.3) is 0 Å². The summed E-state index contributed by atoms with van der Waals surface area (Å²) in [5.41, 5.74) is 0. The van der Waals surface area contributed by atoms with Gasteiger partial charge in [0.2, 0.25) is 5.91 Å². The van der Waals surface area contributed by atoms with Crippen molar-refractivity contribution < 1.29 is 4.79 Å². The highest BCUT2D eigenvalue weighted by Gasteiger charge is 2.13. The highest BCUT2D eigenvalue weighted by atomic mass is 16.1. The van der Waals surface area contributed by atoms with Crippen molar-refractivity contribution in [3.8, 4) is 0 Å². The Bertz CT molecular complexity index is 213. The molecular weight excluding hydrogens is 214 g/mol. The Hall–Kier alpha value is -0.610. The van der Waals surface area contributed by atoms with Crippen molar-refractivity contribution in [2.45, 2.75) is 45.6 Å². The van der Waals surface area contributed by atoms with Crippen LogP contribution in [0.4, 0.5) is 0 Å². The van der Waals surface area contributed by atoms with Crippen LogP contribution in [0.3, 0.4) is 0 Å². The zero-order valence-corrected chi connectivity index (χ0v) is 11.2. The first-order valence-corrected chi connectivity index (χ1v) is 6.89. The van der Waals surface area contributed by atoms with Crippen LogP contribution in [-0.2, 0) is 4.79 Å². The molecule has 1 aliphatic rings. The predicted molar refractivity (Wildman–Crippen MR) is 71.0 cm³/mol. The molecule has 0 radical (unpaired) electrons. The molecule has 0 spiro atoms. The highest BCUT2D eigenvalue weighted by Crippen LogP contribution is 2.07. The molecule has 0 aliphatic carbocycles. The number of hydrogen-bond donors (Lipinski definition) is 3. The maximum absolute atomic E-state index is 11.5. The van der Waals surface area contributed by atoms with Crippen molar-refractivity contribution in [1.29, 1.82) is 0 Å². The van der Waals surface area contributed by atoms with Gasteiger partial charge in [0.1, 0.15) is 0 Å². The van der Waals surface area contributed by atoms with Crippen molar-refractivity contribution in [2.24, 2.45) is 5.92 Å². The molecule has 1 aliphatic heterocycles. The Labute approximate surface area is 105 Å². The van der Waals surface area contributed by atoms with E-state index in [1.165, 1.54) is 12.8 Å². The van der Waals surface area contributed by atoms with Crippen molar-refractivity contribution in [2.75, 3.05) is 26.2 Å². The van der Waals surface area contributed by atoms with Gasteiger partial charge in [0.05, 0.1) is 6.54 Å². The van der Waals surface area contributed by atoms with E-state index >= 15 is 0 Å². The van der Waals surface area contributed by atoms with Crippen LogP contribution in [0.15, 0.2) is 0 Å². The van der Waals surface area contributed by atoms with Gasteiger partial charge in [-0.05, 0) is 44.7 Å². The second-order valence-corrected chi connectivity index (χ2v) is 5.29. The first kappa shape index (κ1) is 14.5. The molecule has 1 amide bonds. The molecule has 3 N–H and O–H groups in total. The quantitative estimate of drug-likeness (QED) is 0.553. The standard InChI is InChI=1S/C13H27N3O/c1-11(2)5-8-14-10-13(17)16-9-6-12-4-3-7-15-12/h11-12,14-15H,3-10H2,1-2H3,(H,16,17). The Morgan fingerprint density at radius 1 is 1.41 bits per heavy atom. The van der Waals surface area contributed by atoms with E-state index < -0.39 is 0 Å². The number of amides is 1. The molecule has 1 unspecified atom stereocenters. The molecular formula is C13H27N3O. The van der Waals surface area contributed by atoms with E-state index in [2.05, 4.69) is 29.8 Å². The van der Waals surface area contributed by atoms with E-state index in [0.29, 0.717) is 18.5 Å². The van der Waals surface area contributed by atoms with Crippen molar-refractivity contribution in [3.63, 3.8) is 0 Å². The second-order valence-electron chi connectivity index (χ2n) is 5.29. The zero-order valence-electron chi connectivity index (χ0n) is 11.2. The lowest BCUT2D eigenvalue weighted by Gasteiger charge is -2.11. The Morgan fingerprint density at radius 3 is 2.88 bits per heavy atom. The fourth-order valence-corrected chi connectivity index (χ4v) is 2.04. The molecule has 1 rings (SSSR count). The lowest BCUT2D eigenvalue weighted by molar-refractivity contribution is -0.120. The molecule has 1 atom stereocenters. The molecule has 0 aromatic carbocycles. The fraction of sp³-hybridized carbons (Fsp3) is 0.923. The third-order valence-corrected chi connectivity index (χ3v) is 3.16. The van der Waals surface area contributed by atoms with Gasteiger partial charge >= 0.3 is 0 Å². The monoisotopic (exact) mass is 241 g/mol. The van der Waals surface area contributed by atoms with Gasteiger partial charge in [-0.1, -0.05) is 13.8 Å². The summed E-state index contributed by atoms with van der Waals surface area (Å²) in [4.78, 5) is 11.5. The molecule has 0 aromatic heterocycles. The average Bonchev–Trinajstić information content (AvgIpc) is 2.77. The molecule has 4 heteroatoms. The lowest BCUT2D eigenvalue weighted by Crippen LogP contribution is -2.36. The normalized spacial score (nSPS) is 19.8. The molecule has 4 nitrogen and oxygen atoms in total. The van der Waals surface area contributed by atoms with Crippen LogP contribution in [-0.4, -0.2) is 38.1 Å². The topological polar surface area (TPSA) is 53.2 Å². The van der Waals surface area contributed by atoms with Crippen molar-refractivity contribution in [1.82, 2.24) is 16.0 Å². The summed E-state index contributed by atoms with van der Waals surface area (Å²) < 4.78 is 0. The minimum atomic E-state index is 0.117. The predicted octanol–water partition coefficient (Wildman–Crippen LogP) is 0.880. The fourth-order valence-electron chi connectivity index (χ4n) is 2.04. The Balaban J connectivity index is 1.90. The van der Waals surface area contributed by atoms with Gasteiger partial charge in [0, 0.05) is 12.6 Å². The number of carbonyl (C=O) groups excluding carboxylic acids is 1. The lowest BCUT2D eigenvalue weighted by atomic mass is 10.1. The third-order valence-electron chi connectivity index (χ3n) is 3.16. The highest BCUT2D eigenvalue weighted by molar-refractivity contribution is 5.77. The van der Waals surface area contributed by atoms with Gasteiger partial charge in [-0.25, -0.2) is 0 Å². The van der Waals surface area contributed by atoms with Crippen LogP contribution >= 0.6 is 0 Å². The van der Waals surface area contributed by atoms with E-state index in [-0.39, 0.29) is 5.91 Å². The Kier molecular flexibility index (Phi) is 7.21. The summed E-state index contributed by atoms with van der Waals surface area (Å²) in [6, 6.07) is 0.615. The maximum atomic E-state index is 11.5. The summed E-state index contributed by atoms with van der Waals surface area (Å²) in [5.74, 6) is 0.811. The average molecular weight is 241 g/mol. The van der Waals surface area contributed by atoms with Crippen LogP contribution in [0, 0.1) is 5.92 Å².